The van der Waals surface area contributed by atoms with Crippen molar-refractivity contribution in [1.82, 2.24) is 0 Å². The van der Waals surface area contributed by atoms with Crippen LogP contribution in [0, 0.1) is 0 Å². The third kappa shape index (κ3) is 2.60. The fraction of sp³-hybridized carbons (Fsp3) is 0.286. The molecule has 0 saturated heterocycles. The normalized spacial score (nSPS) is 12.8. The fourth-order valence-corrected chi connectivity index (χ4v) is 1.37. The second-order valence-corrected chi connectivity index (χ2v) is 3.21. The molecule has 0 aromatic carbocycles. The molecule has 0 spiro atoms. The maximum atomic E-state index is 10.3. The topological polar surface area (TPSA) is 76.5 Å². The highest BCUT2D eigenvalue weighted by atomic mass is 32.2. The van der Waals surface area contributed by atoms with Crippen LogP contribution in [0.15, 0.2) is 27.9 Å². The summed E-state index contributed by atoms with van der Waals surface area (Å²) in [6.07, 6.45) is 1.54. The van der Waals surface area contributed by atoms with E-state index in [1.807, 2.05) is 0 Å². The first-order chi connectivity index (χ1) is 5.70. The summed E-state index contributed by atoms with van der Waals surface area (Å²) in [6, 6.07) is 2.67. The Bertz CT molecular complexity index is 247. The first-order valence-corrected chi connectivity index (χ1v) is 4.33. The molecule has 0 fully saturated rings. The molecule has 4 nitrogen and oxygen atoms in total. The van der Waals surface area contributed by atoms with Gasteiger partial charge in [-0.25, -0.2) is 0 Å². The molecule has 3 N–H and O–H groups in total. The molecule has 0 aliphatic carbocycles. The van der Waals surface area contributed by atoms with E-state index in [4.69, 9.17) is 15.3 Å². The van der Waals surface area contributed by atoms with E-state index in [2.05, 4.69) is 0 Å². The monoisotopic (exact) mass is 187 g/mol. The molecule has 12 heavy (non-hydrogen) atoms. The molecule has 0 radical (unpaired) electrons. The molecule has 5 heteroatoms. The molecular weight excluding hydrogens is 178 g/mol. The Hall–Kier alpha value is -0.940. The van der Waals surface area contributed by atoms with E-state index in [0.717, 1.165) is 0 Å². The molecule has 0 aliphatic rings. The lowest BCUT2D eigenvalue weighted by molar-refractivity contribution is -0.137. The highest BCUT2D eigenvalue weighted by molar-refractivity contribution is 7.99. The number of aliphatic carboxylic acids is 1. The van der Waals surface area contributed by atoms with Gasteiger partial charge in [-0.1, -0.05) is 11.8 Å². The second-order valence-electron chi connectivity index (χ2n) is 2.19. The maximum Gasteiger partial charge on any atom is 0.321 e. The largest absolute Gasteiger partial charge is 0.480 e. The van der Waals surface area contributed by atoms with Crippen LogP contribution in [0.2, 0.25) is 0 Å². The van der Waals surface area contributed by atoms with Gasteiger partial charge in [0.1, 0.15) is 6.04 Å². The zero-order valence-electron chi connectivity index (χ0n) is 6.27. The SMILES string of the molecule is N[C@@H](CSc1ccco1)C(=O)O. The van der Waals surface area contributed by atoms with Crippen LogP contribution in [0.25, 0.3) is 0 Å². The van der Waals surface area contributed by atoms with E-state index in [1.165, 1.54) is 18.0 Å². The first-order valence-electron chi connectivity index (χ1n) is 3.35. The summed E-state index contributed by atoms with van der Waals surface area (Å²) in [4.78, 5) is 10.3. The van der Waals surface area contributed by atoms with Gasteiger partial charge in [0.15, 0.2) is 5.09 Å². The number of carboxylic acid groups (broad SMARTS) is 1. The smallest absolute Gasteiger partial charge is 0.321 e. The van der Waals surface area contributed by atoms with Gasteiger partial charge in [-0.3, -0.25) is 4.79 Å². The number of furan rings is 1. The van der Waals surface area contributed by atoms with Crippen molar-refractivity contribution in [2.45, 2.75) is 11.1 Å². The highest BCUT2D eigenvalue weighted by Crippen LogP contribution is 2.18. The summed E-state index contributed by atoms with van der Waals surface area (Å²) in [5.41, 5.74) is 5.27. The molecule has 1 rings (SSSR count). The zero-order valence-corrected chi connectivity index (χ0v) is 7.08. The molecule has 66 valence electrons. The van der Waals surface area contributed by atoms with Gasteiger partial charge in [-0.15, -0.1) is 0 Å². The van der Waals surface area contributed by atoms with Crippen LogP contribution in [0.1, 0.15) is 0 Å². The predicted molar refractivity (Wildman–Crippen MR) is 45.0 cm³/mol. The van der Waals surface area contributed by atoms with Crippen LogP contribution >= 0.6 is 11.8 Å². The standard InChI is InChI=1S/C7H9NO3S/c8-5(7(9)10)4-12-6-2-1-3-11-6/h1-3,5H,4,8H2,(H,9,10)/t5-/m0/s1. The molecule has 0 unspecified atom stereocenters. The molecule has 0 saturated carbocycles. The summed E-state index contributed by atoms with van der Waals surface area (Å²) in [7, 11) is 0. The van der Waals surface area contributed by atoms with Crippen molar-refractivity contribution in [2.75, 3.05) is 5.75 Å². The van der Waals surface area contributed by atoms with Crippen molar-refractivity contribution in [3.63, 3.8) is 0 Å². The molecule has 0 aliphatic heterocycles. The summed E-state index contributed by atoms with van der Waals surface area (Å²) in [6.45, 7) is 0. The number of thioether (sulfide) groups is 1. The van der Waals surface area contributed by atoms with Crippen LogP contribution in [0.3, 0.4) is 0 Å². The van der Waals surface area contributed by atoms with Crippen molar-refractivity contribution in [3.05, 3.63) is 18.4 Å². The summed E-state index contributed by atoms with van der Waals surface area (Å²) >= 11 is 1.29. The quantitative estimate of drug-likeness (QED) is 0.681. The van der Waals surface area contributed by atoms with E-state index in [0.29, 0.717) is 10.8 Å². The van der Waals surface area contributed by atoms with E-state index in [1.54, 1.807) is 12.1 Å². The Balaban J connectivity index is 2.31. The van der Waals surface area contributed by atoms with Crippen LogP contribution in [-0.4, -0.2) is 22.9 Å². The lowest BCUT2D eigenvalue weighted by Gasteiger charge is -2.02. The van der Waals surface area contributed by atoms with Gasteiger partial charge in [-0.2, -0.15) is 0 Å². The molecule has 1 aromatic rings. The first kappa shape index (κ1) is 9.15. The molecular formula is C7H9NO3S. The number of carbonyl (C=O) groups is 1. The minimum Gasteiger partial charge on any atom is -0.480 e. The number of rotatable bonds is 4. The van der Waals surface area contributed by atoms with Gasteiger partial charge >= 0.3 is 5.97 Å². The second kappa shape index (κ2) is 4.18. The minimum absolute atomic E-state index is 0.322. The Labute approximate surface area is 73.7 Å². The van der Waals surface area contributed by atoms with Crippen molar-refractivity contribution in [3.8, 4) is 0 Å². The average Bonchev–Trinajstić information content (AvgIpc) is 2.51. The Morgan fingerprint density at radius 1 is 1.83 bits per heavy atom. The van der Waals surface area contributed by atoms with Crippen molar-refractivity contribution in [1.29, 1.82) is 0 Å². The Morgan fingerprint density at radius 2 is 2.58 bits per heavy atom. The van der Waals surface area contributed by atoms with Gasteiger partial charge in [0.25, 0.3) is 0 Å². The molecule has 1 atom stereocenters. The maximum absolute atomic E-state index is 10.3. The zero-order chi connectivity index (χ0) is 8.97. The molecule has 0 bridgehead atoms. The predicted octanol–water partition coefficient (Wildman–Crippen LogP) is 0.784. The van der Waals surface area contributed by atoms with Crippen molar-refractivity contribution < 1.29 is 14.3 Å². The van der Waals surface area contributed by atoms with Gasteiger partial charge in [0.05, 0.1) is 6.26 Å². The van der Waals surface area contributed by atoms with E-state index < -0.39 is 12.0 Å². The third-order valence-corrected chi connectivity index (χ3v) is 2.26. The van der Waals surface area contributed by atoms with Crippen molar-refractivity contribution >= 4 is 17.7 Å². The Morgan fingerprint density at radius 3 is 3.08 bits per heavy atom. The number of hydrogen-bond acceptors (Lipinski definition) is 4. The average molecular weight is 187 g/mol. The fourth-order valence-electron chi connectivity index (χ4n) is 0.589. The number of hydrogen-bond donors (Lipinski definition) is 2. The summed E-state index contributed by atoms with van der Waals surface area (Å²) < 4.78 is 4.98. The lowest BCUT2D eigenvalue weighted by Crippen LogP contribution is -2.32. The van der Waals surface area contributed by atoms with Gasteiger partial charge < -0.3 is 15.3 Å². The van der Waals surface area contributed by atoms with E-state index in [9.17, 15) is 4.79 Å². The molecule has 0 amide bonds. The third-order valence-electron chi connectivity index (χ3n) is 1.22. The van der Waals surface area contributed by atoms with Crippen LogP contribution in [0.5, 0.6) is 0 Å². The van der Waals surface area contributed by atoms with Gasteiger partial charge in [0, 0.05) is 5.75 Å². The van der Waals surface area contributed by atoms with Gasteiger partial charge in [0.2, 0.25) is 0 Å². The minimum atomic E-state index is -0.992. The van der Waals surface area contributed by atoms with Crippen molar-refractivity contribution in [2.24, 2.45) is 5.73 Å². The molecule has 1 aromatic heterocycles. The van der Waals surface area contributed by atoms with Crippen LogP contribution in [0.4, 0.5) is 0 Å². The number of nitrogens with two attached hydrogens (primary N) is 1. The summed E-state index contributed by atoms with van der Waals surface area (Å²) in [5.74, 6) is -0.669. The van der Waals surface area contributed by atoms with E-state index in [-0.39, 0.29) is 0 Å². The molecule has 1 heterocycles. The highest BCUT2D eigenvalue weighted by Gasteiger charge is 2.11. The lowest BCUT2D eigenvalue weighted by atomic mass is 10.4. The van der Waals surface area contributed by atoms with Crippen LogP contribution < -0.4 is 5.73 Å². The number of carboxylic acids is 1. The Kier molecular flexibility index (Phi) is 3.19. The van der Waals surface area contributed by atoms with Gasteiger partial charge in [-0.05, 0) is 12.1 Å². The van der Waals surface area contributed by atoms with Crippen LogP contribution in [-0.2, 0) is 4.79 Å². The van der Waals surface area contributed by atoms with E-state index >= 15 is 0 Å². The summed E-state index contributed by atoms with van der Waals surface area (Å²) in [5, 5.41) is 9.13.